The molecule has 7 nitrogen and oxygen atoms in total. The molecule has 0 atom stereocenters. The van der Waals surface area contributed by atoms with Crippen LogP contribution in [0.15, 0.2) is 12.5 Å². The molecule has 20 heavy (non-hydrogen) atoms. The van der Waals surface area contributed by atoms with Gasteiger partial charge in [0.25, 0.3) is 0 Å². The van der Waals surface area contributed by atoms with Crippen molar-refractivity contribution in [2.45, 2.75) is 5.54 Å². The summed E-state index contributed by atoms with van der Waals surface area (Å²) in [5.41, 5.74) is 7.14. The summed E-state index contributed by atoms with van der Waals surface area (Å²) in [7, 11) is 1.82. The number of aliphatic hydroxyl groups excluding tert-OH is 2. The van der Waals surface area contributed by atoms with E-state index in [0.717, 1.165) is 5.69 Å². The number of nitrogens with zero attached hydrogens (tertiary/aromatic N) is 3. The number of thioether (sulfide) groups is 1. The van der Waals surface area contributed by atoms with Gasteiger partial charge in [-0.15, -0.1) is 0 Å². The zero-order valence-electron chi connectivity index (χ0n) is 11.5. The molecule has 0 aliphatic rings. The predicted molar refractivity (Wildman–Crippen MR) is 82.0 cm³/mol. The van der Waals surface area contributed by atoms with Crippen molar-refractivity contribution in [3.63, 3.8) is 0 Å². The van der Waals surface area contributed by atoms with Gasteiger partial charge in [0, 0.05) is 19.0 Å². The number of aliphatic hydroxyl groups is 2. The second-order valence-corrected chi connectivity index (χ2v) is 5.56. The van der Waals surface area contributed by atoms with Crippen LogP contribution in [0, 0.1) is 0 Å². The van der Waals surface area contributed by atoms with Gasteiger partial charge < -0.3 is 25.8 Å². The lowest BCUT2D eigenvalue weighted by atomic mass is 10.0. The van der Waals surface area contributed by atoms with Crippen molar-refractivity contribution in [1.29, 1.82) is 0 Å². The maximum atomic E-state index is 9.72. The Hall–Kier alpha value is -1.51. The van der Waals surface area contributed by atoms with Gasteiger partial charge in [-0.1, -0.05) is 0 Å². The zero-order valence-corrected chi connectivity index (χ0v) is 12.3. The van der Waals surface area contributed by atoms with Crippen molar-refractivity contribution >= 4 is 34.3 Å². The van der Waals surface area contributed by atoms with Crippen molar-refractivity contribution in [3.8, 4) is 0 Å². The SMILES string of the molecule is CSCC(CO)(CO)N(C)c1c[nH]c2c(N)ncnc12. The highest BCUT2D eigenvalue weighted by Crippen LogP contribution is 2.31. The van der Waals surface area contributed by atoms with Crippen molar-refractivity contribution < 1.29 is 10.2 Å². The molecule has 2 heterocycles. The molecule has 0 saturated carbocycles. The molecule has 0 amide bonds. The fraction of sp³-hybridized carbons (Fsp3) is 0.500. The van der Waals surface area contributed by atoms with Crippen LogP contribution in [0.4, 0.5) is 11.5 Å². The molecular formula is C12H19N5O2S. The van der Waals surface area contributed by atoms with Gasteiger partial charge in [-0.2, -0.15) is 11.8 Å². The second-order valence-electron chi connectivity index (χ2n) is 4.69. The summed E-state index contributed by atoms with van der Waals surface area (Å²) in [4.78, 5) is 13.0. The summed E-state index contributed by atoms with van der Waals surface area (Å²) in [6.07, 6.45) is 5.09. The smallest absolute Gasteiger partial charge is 0.151 e. The van der Waals surface area contributed by atoms with E-state index in [0.29, 0.717) is 22.6 Å². The highest BCUT2D eigenvalue weighted by molar-refractivity contribution is 7.98. The van der Waals surface area contributed by atoms with E-state index in [9.17, 15) is 10.2 Å². The Morgan fingerprint density at radius 3 is 2.70 bits per heavy atom. The Labute approximate surface area is 121 Å². The molecule has 2 rings (SSSR count). The zero-order chi connectivity index (χ0) is 14.8. The third-order valence-electron chi connectivity index (χ3n) is 3.55. The van der Waals surface area contributed by atoms with Gasteiger partial charge in [0.15, 0.2) is 5.82 Å². The van der Waals surface area contributed by atoms with E-state index in [1.165, 1.54) is 6.33 Å². The molecule has 0 radical (unpaired) electrons. The van der Waals surface area contributed by atoms with Gasteiger partial charge in [-0.3, -0.25) is 0 Å². The average molecular weight is 297 g/mol. The number of nitrogen functional groups attached to an aromatic ring is 1. The van der Waals surface area contributed by atoms with Crippen LogP contribution >= 0.6 is 11.8 Å². The van der Waals surface area contributed by atoms with E-state index >= 15 is 0 Å². The number of H-pyrrole nitrogens is 1. The van der Waals surface area contributed by atoms with Crippen LogP contribution in [-0.2, 0) is 0 Å². The first kappa shape index (κ1) is 14.9. The predicted octanol–water partition coefficient (Wildman–Crippen LogP) is 0.0627. The lowest BCUT2D eigenvalue weighted by Gasteiger charge is -2.39. The highest BCUT2D eigenvalue weighted by Gasteiger charge is 2.34. The quantitative estimate of drug-likeness (QED) is 0.596. The van der Waals surface area contributed by atoms with Gasteiger partial charge in [0.05, 0.1) is 24.4 Å². The maximum Gasteiger partial charge on any atom is 0.151 e. The standard InChI is InChI=1S/C12H19N5O2S/c1-17(12(4-18,5-19)6-20-2)8-3-14-10-9(8)15-7-16-11(10)13/h3,7,14,18-19H,4-6H2,1-2H3,(H2,13,15,16). The van der Waals surface area contributed by atoms with E-state index in [2.05, 4.69) is 15.0 Å². The molecule has 2 aromatic heterocycles. The summed E-state index contributed by atoms with van der Waals surface area (Å²) < 4.78 is 0. The monoisotopic (exact) mass is 297 g/mol. The maximum absolute atomic E-state index is 9.72. The Morgan fingerprint density at radius 2 is 2.10 bits per heavy atom. The molecule has 0 bridgehead atoms. The minimum atomic E-state index is -0.756. The number of hydrogen-bond acceptors (Lipinski definition) is 7. The average Bonchev–Trinajstić information content (AvgIpc) is 2.89. The van der Waals surface area contributed by atoms with E-state index in [1.54, 1.807) is 18.0 Å². The number of aromatic nitrogens is 3. The summed E-state index contributed by atoms with van der Waals surface area (Å²) in [6, 6.07) is 0. The molecule has 8 heteroatoms. The lowest BCUT2D eigenvalue weighted by molar-refractivity contribution is 0.133. The first-order valence-electron chi connectivity index (χ1n) is 6.11. The van der Waals surface area contributed by atoms with Crippen molar-refractivity contribution in [3.05, 3.63) is 12.5 Å². The van der Waals surface area contributed by atoms with Crippen molar-refractivity contribution in [1.82, 2.24) is 15.0 Å². The van der Waals surface area contributed by atoms with E-state index < -0.39 is 5.54 Å². The Morgan fingerprint density at radius 1 is 1.40 bits per heavy atom. The third kappa shape index (κ3) is 2.30. The van der Waals surface area contributed by atoms with E-state index in [-0.39, 0.29) is 13.2 Å². The third-order valence-corrected chi connectivity index (χ3v) is 4.37. The summed E-state index contributed by atoms with van der Waals surface area (Å²) in [5.74, 6) is 0.960. The number of fused-ring (bicyclic) bond motifs is 1. The molecule has 0 fully saturated rings. The summed E-state index contributed by atoms with van der Waals surface area (Å²) in [5, 5.41) is 19.4. The van der Waals surface area contributed by atoms with Gasteiger partial charge in [-0.05, 0) is 6.26 Å². The molecule has 2 aromatic rings. The van der Waals surface area contributed by atoms with Gasteiger partial charge in [-0.25, -0.2) is 9.97 Å². The fourth-order valence-electron chi connectivity index (χ4n) is 2.17. The molecule has 0 unspecified atom stereocenters. The summed E-state index contributed by atoms with van der Waals surface area (Å²) >= 11 is 1.56. The first-order valence-corrected chi connectivity index (χ1v) is 7.51. The number of anilines is 2. The molecule has 5 N–H and O–H groups in total. The molecule has 0 spiro atoms. The number of hydrogen-bond donors (Lipinski definition) is 4. The minimum absolute atomic E-state index is 0.159. The normalized spacial score (nSPS) is 12.0. The van der Waals surface area contributed by atoms with E-state index in [1.807, 2.05) is 18.2 Å². The van der Waals surface area contributed by atoms with Gasteiger partial charge >= 0.3 is 0 Å². The number of likely N-dealkylation sites (N-methyl/N-ethyl adjacent to an activating group) is 1. The number of nitrogens with one attached hydrogen (secondary N) is 1. The van der Waals surface area contributed by atoms with Gasteiger partial charge in [0.1, 0.15) is 17.4 Å². The Kier molecular flexibility index (Phi) is 4.36. The van der Waals surface area contributed by atoms with E-state index in [4.69, 9.17) is 5.73 Å². The molecular weight excluding hydrogens is 278 g/mol. The minimum Gasteiger partial charge on any atom is -0.394 e. The van der Waals surface area contributed by atoms with Crippen molar-refractivity contribution in [2.24, 2.45) is 0 Å². The Balaban J connectivity index is 2.49. The molecule has 0 aliphatic carbocycles. The first-order chi connectivity index (χ1) is 9.59. The Bertz CT molecular complexity index is 584. The summed E-state index contributed by atoms with van der Waals surface area (Å²) in [6.45, 7) is -0.317. The molecule has 0 aromatic carbocycles. The molecule has 110 valence electrons. The number of nitrogens with two attached hydrogens (primary N) is 1. The lowest BCUT2D eigenvalue weighted by Crippen LogP contribution is -2.55. The van der Waals surface area contributed by atoms with Crippen LogP contribution in [0.25, 0.3) is 11.0 Å². The van der Waals surface area contributed by atoms with Crippen LogP contribution in [0.2, 0.25) is 0 Å². The van der Waals surface area contributed by atoms with Crippen LogP contribution in [0.1, 0.15) is 0 Å². The topological polar surface area (TPSA) is 111 Å². The largest absolute Gasteiger partial charge is 0.394 e. The molecule has 0 saturated heterocycles. The highest BCUT2D eigenvalue weighted by atomic mass is 32.2. The van der Waals surface area contributed by atoms with Crippen LogP contribution in [0.5, 0.6) is 0 Å². The van der Waals surface area contributed by atoms with Crippen LogP contribution < -0.4 is 10.6 Å². The number of rotatable bonds is 6. The number of aromatic amines is 1. The van der Waals surface area contributed by atoms with Crippen LogP contribution in [0.3, 0.4) is 0 Å². The van der Waals surface area contributed by atoms with Gasteiger partial charge in [0.2, 0.25) is 0 Å². The second kappa shape index (κ2) is 5.86. The van der Waals surface area contributed by atoms with Crippen molar-refractivity contribution in [2.75, 3.05) is 42.9 Å². The molecule has 0 aliphatic heterocycles. The van der Waals surface area contributed by atoms with Crippen LogP contribution in [-0.4, -0.2) is 63.0 Å². The fourth-order valence-corrected chi connectivity index (χ4v) is 3.09.